The third-order valence-corrected chi connectivity index (χ3v) is 3.01. The summed E-state index contributed by atoms with van der Waals surface area (Å²) >= 11 is 0. The molecule has 118 valence electrons. The zero-order valence-electron chi connectivity index (χ0n) is 12.8. The van der Waals surface area contributed by atoms with Crippen LogP contribution in [0.3, 0.4) is 0 Å². The number of carbonyl (C=O) groups excluding carboxylic acids is 3. The second kappa shape index (κ2) is 7.22. The molecule has 2 aromatic carbocycles. The number of benzene rings is 2. The zero-order chi connectivity index (χ0) is 16.8. The summed E-state index contributed by atoms with van der Waals surface area (Å²) in [5, 5.41) is 5.12. The van der Waals surface area contributed by atoms with Gasteiger partial charge in [-0.2, -0.15) is 0 Å². The molecule has 0 fully saturated rings. The van der Waals surface area contributed by atoms with Crippen molar-refractivity contribution in [2.45, 2.75) is 6.92 Å². The number of ether oxygens (including phenoxy) is 1. The lowest BCUT2D eigenvalue weighted by atomic mass is 10.1. The van der Waals surface area contributed by atoms with Crippen molar-refractivity contribution in [3.63, 3.8) is 0 Å². The molecule has 2 N–H and O–H groups in total. The first-order chi connectivity index (χ1) is 11.0. The van der Waals surface area contributed by atoms with Crippen LogP contribution in [-0.2, 0) is 9.59 Å². The van der Waals surface area contributed by atoms with E-state index in [1.165, 1.54) is 20.1 Å². The number of hydrogen-bond acceptors (Lipinski definition) is 4. The molecule has 0 aliphatic carbocycles. The lowest BCUT2D eigenvalue weighted by Crippen LogP contribution is -2.22. The lowest BCUT2D eigenvalue weighted by Gasteiger charge is -2.11. The quantitative estimate of drug-likeness (QED) is 0.656. The highest BCUT2D eigenvalue weighted by Crippen LogP contribution is 2.28. The Balaban J connectivity index is 2.15. The van der Waals surface area contributed by atoms with Crippen molar-refractivity contribution in [1.82, 2.24) is 0 Å². The Bertz CT molecular complexity index is 742. The third kappa shape index (κ3) is 4.16. The monoisotopic (exact) mass is 312 g/mol. The molecule has 6 heteroatoms. The highest BCUT2D eigenvalue weighted by molar-refractivity contribution is 6.46. The SMILES string of the molecule is COc1cc(NC(=O)C(=O)c2ccccc2)ccc1NC(C)=O. The van der Waals surface area contributed by atoms with E-state index in [-0.39, 0.29) is 5.91 Å². The molecule has 0 saturated carbocycles. The van der Waals surface area contributed by atoms with Crippen LogP contribution in [0.2, 0.25) is 0 Å². The van der Waals surface area contributed by atoms with Crippen LogP contribution < -0.4 is 15.4 Å². The van der Waals surface area contributed by atoms with Crippen molar-refractivity contribution in [2.75, 3.05) is 17.7 Å². The standard InChI is InChI=1S/C17H16N2O4/c1-11(20)18-14-9-8-13(10-15(14)23-2)19-17(22)16(21)12-6-4-3-5-7-12/h3-10H,1-2H3,(H,18,20)(H,19,22). The molecule has 6 nitrogen and oxygen atoms in total. The Morgan fingerprint density at radius 3 is 2.26 bits per heavy atom. The Labute approximate surface area is 133 Å². The maximum absolute atomic E-state index is 12.0. The summed E-state index contributed by atoms with van der Waals surface area (Å²) in [6.07, 6.45) is 0. The topological polar surface area (TPSA) is 84.5 Å². The minimum absolute atomic E-state index is 0.237. The van der Waals surface area contributed by atoms with Crippen molar-refractivity contribution < 1.29 is 19.1 Å². The van der Waals surface area contributed by atoms with Gasteiger partial charge >= 0.3 is 0 Å². The van der Waals surface area contributed by atoms with Gasteiger partial charge in [-0.1, -0.05) is 30.3 Å². The minimum atomic E-state index is -0.745. The molecule has 0 aromatic heterocycles. The Morgan fingerprint density at radius 1 is 0.957 bits per heavy atom. The number of nitrogens with one attached hydrogen (secondary N) is 2. The molecular weight excluding hydrogens is 296 g/mol. The van der Waals surface area contributed by atoms with E-state index < -0.39 is 11.7 Å². The van der Waals surface area contributed by atoms with Gasteiger partial charge in [-0.3, -0.25) is 14.4 Å². The van der Waals surface area contributed by atoms with Gasteiger partial charge in [-0.15, -0.1) is 0 Å². The van der Waals surface area contributed by atoms with Gasteiger partial charge in [0.2, 0.25) is 5.91 Å². The number of anilines is 2. The molecule has 23 heavy (non-hydrogen) atoms. The molecule has 0 aliphatic heterocycles. The van der Waals surface area contributed by atoms with Crippen LogP contribution in [0.4, 0.5) is 11.4 Å². The molecule has 0 unspecified atom stereocenters. The maximum Gasteiger partial charge on any atom is 0.296 e. The summed E-state index contributed by atoms with van der Waals surface area (Å²) in [6, 6.07) is 13.0. The van der Waals surface area contributed by atoms with Crippen LogP contribution in [0.25, 0.3) is 0 Å². The van der Waals surface area contributed by atoms with E-state index in [1.54, 1.807) is 42.5 Å². The number of rotatable bonds is 5. The number of amides is 2. The molecule has 0 bridgehead atoms. The van der Waals surface area contributed by atoms with Crippen LogP contribution in [0, 0.1) is 0 Å². The molecule has 0 saturated heterocycles. The fourth-order valence-electron chi connectivity index (χ4n) is 1.97. The Morgan fingerprint density at radius 2 is 1.65 bits per heavy atom. The first-order valence-electron chi connectivity index (χ1n) is 6.87. The van der Waals surface area contributed by atoms with Crippen LogP contribution in [0.5, 0.6) is 5.75 Å². The van der Waals surface area contributed by atoms with Gasteiger partial charge in [0.15, 0.2) is 0 Å². The van der Waals surface area contributed by atoms with Gasteiger partial charge in [0.25, 0.3) is 11.7 Å². The number of Topliss-reactive ketones (excluding diaryl/α,β-unsaturated/α-hetero) is 1. The third-order valence-electron chi connectivity index (χ3n) is 3.01. The van der Waals surface area contributed by atoms with Gasteiger partial charge in [-0.25, -0.2) is 0 Å². The molecule has 0 atom stereocenters. The number of carbonyl (C=O) groups is 3. The van der Waals surface area contributed by atoms with E-state index >= 15 is 0 Å². The first-order valence-corrected chi connectivity index (χ1v) is 6.87. The van der Waals surface area contributed by atoms with Crippen molar-refractivity contribution in [3.8, 4) is 5.75 Å². The molecule has 0 aliphatic rings. The van der Waals surface area contributed by atoms with Gasteiger partial charge in [0, 0.05) is 24.2 Å². The number of ketones is 1. The molecule has 0 heterocycles. The molecule has 2 aromatic rings. The van der Waals surface area contributed by atoms with E-state index in [2.05, 4.69) is 10.6 Å². The van der Waals surface area contributed by atoms with Crippen LogP contribution in [-0.4, -0.2) is 24.7 Å². The average molecular weight is 312 g/mol. The van der Waals surface area contributed by atoms with Crippen molar-refractivity contribution in [2.24, 2.45) is 0 Å². The van der Waals surface area contributed by atoms with Crippen molar-refractivity contribution >= 4 is 29.0 Å². The summed E-state index contributed by atoms with van der Waals surface area (Å²) in [7, 11) is 1.45. The number of hydrogen-bond donors (Lipinski definition) is 2. The highest BCUT2D eigenvalue weighted by Gasteiger charge is 2.16. The average Bonchev–Trinajstić information content (AvgIpc) is 2.55. The largest absolute Gasteiger partial charge is 0.494 e. The van der Waals surface area contributed by atoms with E-state index in [9.17, 15) is 14.4 Å². The molecule has 2 rings (SSSR count). The van der Waals surface area contributed by atoms with Crippen molar-refractivity contribution in [1.29, 1.82) is 0 Å². The highest BCUT2D eigenvalue weighted by atomic mass is 16.5. The van der Waals surface area contributed by atoms with Crippen LogP contribution >= 0.6 is 0 Å². The zero-order valence-corrected chi connectivity index (χ0v) is 12.8. The van der Waals surface area contributed by atoms with E-state index in [0.717, 1.165) is 0 Å². The summed E-state index contributed by atoms with van der Waals surface area (Å²) < 4.78 is 5.16. The fourth-order valence-corrected chi connectivity index (χ4v) is 1.97. The van der Waals surface area contributed by atoms with Crippen molar-refractivity contribution in [3.05, 3.63) is 54.1 Å². The molecular formula is C17H16N2O4. The maximum atomic E-state index is 12.0. The predicted octanol–water partition coefficient (Wildman–Crippen LogP) is 2.48. The lowest BCUT2D eigenvalue weighted by molar-refractivity contribution is -0.114. The number of methoxy groups -OCH3 is 1. The van der Waals surface area contributed by atoms with E-state index in [1.807, 2.05) is 0 Å². The summed E-state index contributed by atoms with van der Waals surface area (Å²) in [5.74, 6) is -1.23. The fraction of sp³-hybridized carbons (Fsp3) is 0.118. The van der Waals surface area contributed by atoms with E-state index in [0.29, 0.717) is 22.7 Å². The minimum Gasteiger partial charge on any atom is -0.494 e. The second-order valence-electron chi connectivity index (χ2n) is 4.75. The van der Waals surface area contributed by atoms with E-state index in [4.69, 9.17) is 4.74 Å². The van der Waals surface area contributed by atoms with Gasteiger partial charge < -0.3 is 15.4 Å². The Hall–Kier alpha value is -3.15. The molecule has 0 spiro atoms. The first kappa shape index (κ1) is 16.2. The normalized spacial score (nSPS) is 9.83. The summed E-state index contributed by atoms with van der Waals surface area (Å²) in [4.78, 5) is 35.1. The second-order valence-corrected chi connectivity index (χ2v) is 4.75. The van der Waals surface area contributed by atoms with Gasteiger partial charge in [-0.05, 0) is 12.1 Å². The van der Waals surface area contributed by atoms with Gasteiger partial charge in [0.1, 0.15) is 5.75 Å². The predicted molar refractivity (Wildman–Crippen MR) is 86.7 cm³/mol. The van der Waals surface area contributed by atoms with Gasteiger partial charge in [0.05, 0.1) is 12.8 Å². The Kier molecular flexibility index (Phi) is 5.09. The van der Waals surface area contributed by atoms with Crippen LogP contribution in [0.15, 0.2) is 48.5 Å². The smallest absolute Gasteiger partial charge is 0.296 e. The summed E-state index contributed by atoms with van der Waals surface area (Å²) in [6.45, 7) is 1.38. The molecule has 0 radical (unpaired) electrons. The summed E-state index contributed by atoms with van der Waals surface area (Å²) in [5.41, 5.74) is 1.18. The molecule has 2 amide bonds. The van der Waals surface area contributed by atoms with Crippen LogP contribution in [0.1, 0.15) is 17.3 Å².